The van der Waals surface area contributed by atoms with Crippen LogP contribution in [-0.2, 0) is 11.0 Å². The van der Waals surface area contributed by atoms with Gasteiger partial charge in [-0.3, -0.25) is 4.79 Å². The highest BCUT2D eigenvalue weighted by atomic mass is 19.4. The summed E-state index contributed by atoms with van der Waals surface area (Å²) in [6.07, 6.45) is 1.73. The molecule has 1 amide bonds. The topological polar surface area (TPSA) is 74.0 Å². The fraction of sp³-hybridized carbons (Fsp3) is 0.419. The molecule has 2 fully saturated rings. The van der Waals surface area contributed by atoms with Gasteiger partial charge in [0.25, 0.3) is 0 Å². The zero-order valence-corrected chi connectivity index (χ0v) is 22.9. The van der Waals surface area contributed by atoms with E-state index in [0.717, 1.165) is 41.4 Å². The van der Waals surface area contributed by atoms with Crippen molar-refractivity contribution >= 4 is 17.4 Å². The molecule has 2 saturated heterocycles. The number of benzene rings is 2. The molecule has 6 rings (SSSR count). The lowest BCUT2D eigenvalue weighted by molar-refractivity contribution is -0.137. The number of fused-ring (bicyclic) bond motifs is 2. The number of amides is 1. The quantitative estimate of drug-likeness (QED) is 0.518. The third-order valence-corrected chi connectivity index (χ3v) is 9.08. The van der Waals surface area contributed by atoms with E-state index in [0.29, 0.717) is 24.4 Å². The van der Waals surface area contributed by atoms with Gasteiger partial charge in [-0.25, -0.2) is 4.99 Å². The number of hydrogen-bond donors (Lipinski definition) is 2. The first-order valence-corrected chi connectivity index (χ1v) is 13.8. The highest BCUT2D eigenvalue weighted by Crippen LogP contribution is 2.45. The van der Waals surface area contributed by atoms with E-state index in [4.69, 9.17) is 5.73 Å². The molecule has 0 aromatic heterocycles. The van der Waals surface area contributed by atoms with Gasteiger partial charge in [0.2, 0.25) is 5.91 Å². The summed E-state index contributed by atoms with van der Waals surface area (Å²) in [6.45, 7) is 6.97. The minimum absolute atomic E-state index is 0.00517. The number of carbonyl (C=O) groups is 1. The number of aliphatic imine (C=N–C) groups is 1. The molecule has 3 N–H and O–H groups in total. The molecule has 210 valence electrons. The zero-order chi connectivity index (χ0) is 28.4. The van der Waals surface area contributed by atoms with Gasteiger partial charge in [0.05, 0.1) is 11.3 Å². The molecule has 4 aliphatic heterocycles. The Morgan fingerprint density at radius 3 is 2.58 bits per heavy atom. The van der Waals surface area contributed by atoms with Gasteiger partial charge in [0.1, 0.15) is 17.7 Å². The third kappa shape index (κ3) is 4.45. The maximum absolute atomic E-state index is 13.3. The zero-order valence-electron chi connectivity index (χ0n) is 22.9. The van der Waals surface area contributed by atoms with Gasteiger partial charge in [-0.15, -0.1) is 0 Å². The number of hydrogen-bond acceptors (Lipinski definition) is 5. The molecular weight excluding hydrogens is 515 g/mol. The molecule has 2 aromatic carbocycles. The summed E-state index contributed by atoms with van der Waals surface area (Å²) in [7, 11) is 0. The van der Waals surface area contributed by atoms with Gasteiger partial charge in [0, 0.05) is 43.2 Å². The van der Waals surface area contributed by atoms with Gasteiger partial charge in [-0.2, -0.15) is 13.2 Å². The third-order valence-electron chi connectivity index (χ3n) is 9.08. The lowest BCUT2D eigenvalue weighted by Crippen LogP contribution is -2.53. The van der Waals surface area contributed by atoms with Crippen molar-refractivity contribution in [1.82, 2.24) is 15.1 Å². The molecule has 0 saturated carbocycles. The molecule has 0 radical (unpaired) electrons. The number of amidine groups is 1. The van der Waals surface area contributed by atoms with Crippen LogP contribution >= 0.6 is 0 Å². The van der Waals surface area contributed by atoms with Crippen LogP contribution in [0.5, 0.6) is 0 Å². The normalized spacial score (nSPS) is 26.4. The van der Waals surface area contributed by atoms with Crippen LogP contribution in [0.2, 0.25) is 0 Å². The van der Waals surface area contributed by atoms with Crippen LogP contribution < -0.4 is 11.1 Å². The van der Waals surface area contributed by atoms with Crippen LogP contribution in [0.15, 0.2) is 71.6 Å². The lowest BCUT2D eigenvalue weighted by Gasteiger charge is -2.43. The lowest BCUT2D eigenvalue weighted by atomic mass is 9.78. The average Bonchev–Trinajstić information content (AvgIpc) is 3.43. The summed E-state index contributed by atoms with van der Waals surface area (Å²) in [5, 5.41) is 3.70. The van der Waals surface area contributed by atoms with Crippen molar-refractivity contribution in [2.45, 2.75) is 64.3 Å². The van der Waals surface area contributed by atoms with E-state index in [9.17, 15) is 18.0 Å². The molecule has 4 atom stereocenters. The SMILES string of the molecule is C[C@@H](c1ccc(C2=C3C(N)=NC=CN3C(C3CC[C@H]4N(C3)C(=O)CC4(C)C)N2)cc1)c1cccc(C(F)(F)F)c1. The molecule has 0 spiro atoms. The van der Waals surface area contributed by atoms with Gasteiger partial charge in [-0.05, 0) is 41.0 Å². The van der Waals surface area contributed by atoms with Crippen molar-refractivity contribution in [3.05, 3.63) is 88.9 Å². The van der Waals surface area contributed by atoms with Gasteiger partial charge in [0.15, 0.2) is 0 Å². The summed E-state index contributed by atoms with van der Waals surface area (Å²) < 4.78 is 39.8. The largest absolute Gasteiger partial charge is 0.416 e. The molecule has 0 bridgehead atoms. The van der Waals surface area contributed by atoms with Crippen molar-refractivity contribution in [3.8, 4) is 0 Å². The van der Waals surface area contributed by atoms with Gasteiger partial charge < -0.3 is 20.9 Å². The minimum atomic E-state index is -4.38. The van der Waals surface area contributed by atoms with Crippen molar-refractivity contribution in [3.63, 3.8) is 0 Å². The highest BCUT2D eigenvalue weighted by molar-refractivity contribution is 6.05. The van der Waals surface area contributed by atoms with Crippen LogP contribution in [0.3, 0.4) is 0 Å². The Morgan fingerprint density at radius 2 is 1.85 bits per heavy atom. The first-order chi connectivity index (χ1) is 18.9. The molecular formula is C31H34F3N5O. The molecule has 40 heavy (non-hydrogen) atoms. The van der Waals surface area contributed by atoms with Gasteiger partial charge in [-0.1, -0.05) is 63.2 Å². The predicted octanol–water partition coefficient (Wildman–Crippen LogP) is 5.64. The van der Waals surface area contributed by atoms with Crippen LogP contribution in [0.25, 0.3) is 5.70 Å². The van der Waals surface area contributed by atoms with Crippen molar-refractivity contribution < 1.29 is 18.0 Å². The molecule has 4 aliphatic rings. The molecule has 2 aromatic rings. The average molecular weight is 550 g/mol. The van der Waals surface area contributed by atoms with E-state index in [2.05, 4.69) is 34.0 Å². The second kappa shape index (κ2) is 9.42. The molecule has 4 heterocycles. The number of alkyl halides is 3. The van der Waals surface area contributed by atoms with E-state index in [1.807, 2.05) is 37.4 Å². The van der Waals surface area contributed by atoms with Crippen molar-refractivity contribution in [2.75, 3.05) is 6.54 Å². The van der Waals surface area contributed by atoms with Crippen molar-refractivity contribution in [1.29, 1.82) is 0 Å². The first-order valence-electron chi connectivity index (χ1n) is 13.8. The first kappa shape index (κ1) is 26.5. The summed E-state index contributed by atoms with van der Waals surface area (Å²) >= 11 is 0. The fourth-order valence-electron chi connectivity index (χ4n) is 6.86. The highest BCUT2D eigenvalue weighted by Gasteiger charge is 2.50. The standard InChI is InChI=1S/C31H34F3N5O/c1-18(21-5-4-6-23(15-21)31(32,33)34)19-7-9-20(10-8-19)26-27-28(35)36-13-14-38(27)29(37-26)22-11-12-24-30(2,3)16-25(40)39(24)17-22/h4-10,13-15,18,22,24,29,37H,11-12,16-17H2,1-3H3,(H2,35,36)/t18-,22?,24+,29?/m0/s1. The number of piperidine rings is 1. The Kier molecular flexibility index (Phi) is 6.23. The maximum atomic E-state index is 13.3. The summed E-state index contributed by atoms with van der Waals surface area (Å²) in [4.78, 5) is 21.4. The molecule has 9 heteroatoms. The van der Waals surface area contributed by atoms with E-state index in [-0.39, 0.29) is 35.4 Å². The Morgan fingerprint density at radius 1 is 1.10 bits per heavy atom. The van der Waals surface area contributed by atoms with E-state index >= 15 is 0 Å². The summed E-state index contributed by atoms with van der Waals surface area (Å²) in [5.41, 5.74) is 9.86. The van der Waals surface area contributed by atoms with E-state index < -0.39 is 11.7 Å². The number of nitrogens with zero attached hydrogens (tertiary/aromatic N) is 3. The Labute approximate surface area is 232 Å². The maximum Gasteiger partial charge on any atom is 0.416 e. The Hall–Kier alpha value is -3.75. The predicted molar refractivity (Wildman–Crippen MR) is 148 cm³/mol. The Balaban J connectivity index is 1.25. The van der Waals surface area contributed by atoms with Crippen LogP contribution in [0.1, 0.15) is 68.2 Å². The number of rotatable bonds is 4. The molecule has 2 unspecified atom stereocenters. The van der Waals surface area contributed by atoms with Crippen LogP contribution in [0.4, 0.5) is 13.2 Å². The fourth-order valence-corrected chi connectivity index (χ4v) is 6.86. The van der Waals surface area contributed by atoms with E-state index in [1.54, 1.807) is 12.3 Å². The van der Waals surface area contributed by atoms with Gasteiger partial charge >= 0.3 is 6.18 Å². The van der Waals surface area contributed by atoms with Crippen molar-refractivity contribution in [2.24, 2.45) is 22.1 Å². The van der Waals surface area contributed by atoms with Crippen LogP contribution in [-0.4, -0.2) is 40.3 Å². The second-order valence-electron chi connectivity index (χ2n) is 12.1. The number of nitrogens with one attached hydrogen (secondary N) is 1. The van der Waals surface area contributed by atoms with Crippen LogP contribution in [0, 0.1) is 11.3 Å². The monoisotopic (exact) mass is 549 g/mol. The smallest absolute Gasteiger partial charge is 0.382 e. The summed E-state index contributed by atoms with van der Waals surface area (Å²) in [6, 6.07) is 13.6. The number of halogens is 3. The number of nitrogens with two attached hydrogens (primary N) is 1. The minimum Gasteiger partial charge on any atom is -0.382 e. The molecule has 0 aliphatic carbocycles. The van der Waals surface area contributed by atoms with E-state index in [1.165, 1.54) is 12.1 Å². The Bertz CT molecular complexity index is 1430. The summed E-state index contributed by atoms with van der Waals surface area (Å²) in [5.74, 6) is 0.640. The molecule has 6 nitrogen and oxygen atoms in total. The number of carbonyl (C=O) groups excluding carboxylic acids is 1. The second-order valence-corrected chi connectivity index (χ2v) is 12.1.